The van der Waals surface area contributed by atoms with Crippen molar-refractivity contribution in [1.82, 2.24) is 19.8 Å². The summed E-state index contributed by atoms with van der Waals surface area (Å²) in [6.45, 7) is 8.93. The molecule has 1 atom stereocenters. The third-order valence-electron chi connectivity index (χ3n) is 3.60. The van der Waals surface area contributed by atoms with Gasteiger partial charge in [0.1, 0.15) is 0 Å². The van der Waals surface area contributed by atoms with Gasteiger partial charge >= 0.3 is 0 Å². The second kappa shape index (κ2) is 6.19. The van der Waals surface area contributed by atoms with Crippen LogP contribution in [0.25, 0.3) is 0 Å². The van der Waals surface area contributed by atoms with E-state index in [-0.39, 0.29) is 0 Å². The minimum Gasteiger partial charge on any atom is -0.341 e. The lowest BCUT2D eigenvalue weighted by Gasteiger charge is -2.22. The molecule has 0 radical (unpaired) electrons. The van der Waals surface area contributed by atoms with Crippen molar-refractivity contribution in [3.8, 4) is 0 Å². The van der Waals surface area contributed by atoms with E-state index in [1.54, 1.807) is 0 Å². The van der Waals surface area contributed by atoms with Crippen LogP contribution in [0.5, 0.6) is 0 Å². The Balaban J connectivity index is 1.81. The molecule has 5 heteroatoms. The van der Waals surface area contributed by atoms with Crippen molar-refractivity contribution in [2.24, 2.45) is 0 Å². The lowest BCUT2D eigenvalue weighted by atomic mass is 10.3. The minimum atomic E-state index is 0.292. The van der Waals surface area contributed by atoms with Gasteiger partial charge in [-0.2, -0.15) is 0 Å². The molecule has 1 aromatic heterocycles. The molecular formula is C14H24N4O. The zero-order valence-corrected chi connectivity index (χ0v) is 12.1. The van der Waals surface area contributed by atoms with Gasteiger partial charge in [-0.25, -0.2) is 4.98 Å². The van der Waals surface area contributed by atoms with Gasteiger partial charge in [-0.3, -0.25) is 4.79 Å². The van der Waals surface area contributed by atoms with Gasteiger partial charge < -0.3 is 14.8 Å². The number of aromatic nitrogens is 2. The number of rotatable bonds is 6. The summed E-state index contributed by atoms with van der Waals surface area (Å²) in [4.78, 5) is 17.7. The van der Waals surface area contributed by atoms with Crippen molar-refractivity contribution in [2.45, 2.75) is 52.2 Å². The SMILES string of the molecule is CC(CN1CCCC1=O)NCc1cncn1C(C)C. The first-order valence-electron chi connectivity index (χ1n) is 7.09. The second-order valence-electron chi connectivity index (χ2n) is 5.61. The Labute approximate surface area is 115 Å². The van der Waals surface area contributed by atoms with Gasteiger partial charge in [0.15, 0.2) is 0 Å². The number of carbonyl (C=O) groups excluding carboxylic acids is 1. The van der Waals surface area contributed by atoms with Crippen LogP contribution in [-0.2, 0) is 11.3 Å². The van der Waals surface area contributed by atoms with E-state index in [9.17, 15) is 4.79 Å². The molecule has 0 aliphatic carbocycles. The highest BCUT2D eigenvalue weighted by Crippen LogP contribution is 2.11. The molecule has 19 heavy (non-hydrogen) atoms. The van der Waals surface area contributed by atoms with E-state index >= 15 is 0 Å². The summed E-state index contributed by atoms with van der Waals surface area (Å²) >= 11 is 0. The van der Waals surface area contributed by atoms with E-state index in [0.717, 1.165) is 26.1 Å². The Morgan fingerprint density at radius 3 is 2.84 bits per heavy atom. The Morgan fingerprint density at radius 2 is 2.21 bits per heavy atom. The molecule has 1 N–H and O–H groups in total. The summed E-state index contributed by atoms with van der Waals surface area (Å²) in [5.74, 6) is 0.292. The minimum absolute atomic E-state index is 0.292. The van der Waals surface area contributed by atoms with Crippen LogP contribution >= 0.6 is 0 Å². The van der Waals surface area contributed by atoms with Crippen LogP contribution in [0.4, 0.5) is 0 Å². The number of hydrogen-bond acceptors (Lipinski definition) is 3. The van der Waals surface area contributed by atoms with E-state index in [0.29, 0.717) is 24.4 Å². The van der Waals surface area contributed by atoms with Crippen LogP contribution in [-0.4, -0.2) is 39.5 Å². The zero-order valence-electron chi connectivity index (χ0n) is 12.1. The number of amides is 1. The summed E-state index contributed by atoms with van der Waals surface area (Å²) in [5, 5.41) is 3.47. The summed E-state index contributed by atoms with van der Waals surface area (Å²) in [5.41, 5.74) is 1.19. The van der Waals surface area contributed by atoms with Crippen molar-refractivity contribution in [2.75, 3.05) is 13.1 Å². The van der Waals surface area contributed by atoms with Crippen molar-refractivity contribution < 1.29 is 4.79 Å². The van der Waals surface area contributed by atoms with E-state index < -0.39 is 0 Å². The van der Waals surface area contributed by atoms with Crippen molar-refractivity contribution >= 4 is 5.91 Å². The zero-order chi connectivity index (χ0) is 13.8. The van der Waals surface area contributed by atoms with Crippen LogP contribution < -0.4 is 5.32 Å². The lowest BCUT2D eigenvalue weighted by molar-refractivity contribution is -0.127. The number of likely N-dealkylation sites (tertiary alicyclic amines) is 1. The van der Waals surface area contributed by atoms with Gasteiger partial charge in [0.2, 0.25) is 5.91 Å². The molecule has 1 aliphatic heterocycles. The second-order valence-corrected chi connectivity index (χ2v) is 5.61. The maximum Gasteiger partial charge on any atom is 0.222 e. The van der Waals surface area contributed by atoms with Crippen molar-refractivity contribution in [3.05, 3.63) is 18.2 Å². The standard InChI is InChI=1S/C14H24N4O/c1-11(2)18-10-15-7-13(18)8-16-12(3)9-17-6-4-5-14(17)19/h7,10-12,16H,4-6,8-9H2,1-3H3. The summed E-state index contributed by atoms with van der Waals surface area (Å²) in [7, 11) is 0. The number of carbonyl (C=O) groups is 1. The molecule has 2 rings (SSSR count). The molecule has 1 fully saturated rings. The molecule has 1 unspecified atom stereocenters. The molecule has 0 spiro atoms. The van der Waals surface area contributed by atoms with Gasteiger partial charge in [-0.1, -0.05) is 0 Å². The molecule has 1 saturated heterocycles. The summed E-state index contributed by atoms with van der Waals surface area (Å²) in [6.07, 6.45) is 5.50. The van der Waals surface area contributed by atoms with Crippen LogP contribution in [0.15, 0.2) is 12.5 Å². The molecule has 1 aliphatic rings. The predicted octanol–water partition coefficient (Wildman–Crippen LogP) is 1.56. The molecule has 1 amide bonds. The van der Waals surface area contributed by atoms with Crippen molar-refractivity contribution in [1.29, 1.82) is 0 Å². The summed E-state index contributed by atoms with van der Waals surface area (Å²) in [6, 6.07) is 0.729. The largest absolute Gasteiger partial charge is 0.341 e. The van der Waals surface area contributed by atoms with Gasteiger partial charge in [-0.05, 0) is 27.2 Å². The van der Waals surface area contributed by atoms with E-state index in [4.69, 9.17) is 0 Å². The highest BCUT2D eigenvalue weighted by molar-refractivity contribution is 5.78. The smallest absolute Gasteiger partial charge is 0.222 e. The molecular weight excluding hydrogens is 240 g/mol. The highest BCUT2D eigenvalue weighted by Gasteiger charge is 2.21. The maximum absolute atomic E-state index is 11.6. The first kappa shape index (κ1) is 14.1. The van der Waals surface area contributed by atoms with Crippen molar-refractivity contribution in [3.63, 3.8) is 0 Å². The first-order chi connectivity index (χ1) is 9.08. The Hall–Kier alpha value is -1.36. The molecule has 5 nitrogen and oxygen atoms in total. The number of imidazole rings is 1. The number of nitrogens with zero attached hydrogens (tertiary/aromatic N) is 3. The quantitative estimate of drug-likeness (QED) is 0.848. The first-order valence-corrected chi connectivity index (χ1v) is 7.09. The van der Waals surface area contributed by atoms with Crippen LogP contribution in [0.2, 0.25) is 0 Å². The molecule has 0 bridgehead atoms. The Kier molecular flexibility index (Phi) is 4.58. The van der Waals surface area contributed by atoms with E-state index in [2.05, 4.69) is 35.6 Å². The molecule has 0 saturated carbocycles. The van der Waals surface area contributed by atoms with Crippen LogP contribution in [0, 0.1) is 0 Å². The fraction of sp³-hybridized carbons (Fsp3) is 0.714. The fourth-order valence-electron chi connectivity index (χ4n) is 2.50. The predicted molar refractivity (Wildman–Crippen MR) is 74.7 cm³/mol. The monoisotopic (exact) mass is 264 g/mol. The Morgan fingerprint density at radius 1 is 1.42 bits per heavy atom. The normalized spacial score (nSPS) is 17.5. The maximum atomic E-state index is 11.6. The molecule has 2 heterocycles. The van der Waals surface area contributed by atoms with E-state index in [1.165, 1.54) is 5.69 Å². The van der Waals surface area contributed by atoms with Gasteiger partial charge in [0.05, 0.1) is 12.0 Å². The highest BCUT2D eigenvalue weighted by atomic mass is 16.2. The third kappa shape index (κ3) is 3.56. The average molecular weight is 264 g/mol. The lowest BCUT2D eigenvalue weighted by Crippen LogP contribution is -2.39. The Bertz CT molecular complexity index is 427. The van der Waals surface area contributed by atoms with Gasteiger partial charge in [0.25, 0.3) is 0 Å². The number of nitrogens with one attached hydrogen (secondary N) is 1. The topological polar surface area (TPSA) is 50.2 Å². The van der Waals surface area contributed by atoms with Gasteiger partial charge in [0, 0.05) is 44.3 Å². The molecule has 1 aromatic rings. The molecule has 0 aromatic carbocycles. The van der Waals surface area contributed by atoms with Crippen LogP contribution in [0.3, 0.4) is 0 Å². The molecule has 106 valence electrons. The number of hydrogen-bond donors (Lipinski definition) is 1. The third-order valence-corrected chi connectivity index (χ3v) is 3.60. The fourth-order valence-corrected chi connectivity index (χ4v) is 2.50. The van der Waals surface area contributed by atoms with E-state index in [1.807, 2.05) is 17.4 Å². The summed E-state index contributed by atoms with van der Waals surface area (Å²) < 4.78 is 2.17. The average Bonchev–Trinajstić information content (AvgIpc) is 2.96. The van der Waals surface area contributed by atoms with Crippen LogP contribution in [0.1, 0.15) is 45.3 Å². The van der Waals surface area contributed by atoms with Gasteiger partial charge in [-0.15, -0.1) is 0 Å².